The van der Waals surface area contributed by atoms with Crippen molar-refractivity contribution in [3.63, 3.8) is 0 Å². The first-order valence-corrected chi connectivity index (χ1v) is 6.71. The Morgan fingerprint density at radius 3 is 2.29 bits per heavy atom. The molecule has 0 aromatic carbocycles. The van der Waals surface area contributed by atoms with Crippen molar-refractivity contribution in [2.24, 2.45) is 0 Å². The van der Waals surface area contributed by atoms with Gasteiger partial charge in [-0.1, -0.05) is 0 Å². The molecule has 7 heteroatoms. The molecule has 0 aliphatic carbocycles. The molecule has 0 unspecified atom stereocenters. The summed E-state index contributed by atoms with van der Waals surface area (Å²) in [7, 11) is -3.49. The summed E-state index contributed by atoms with van der Waals surface area (Å²) in [6, 6.07) is 0. The number of carboxylic acids is 1. The molecule has 1 heterocycles. The molecule has 0 fully saturated rings. The van der Waals surface area contributed by atoms with Gasteiger partial charge in [0.25, 0.3) is 0 Å². The van der Waals surface area contributed by atoms with Crippen LogP contribution in [-0.2, 0) is 13.6 Å². The van der Waals surface area contributed by atoms with E-state index in [2.05, 4.69) is 0 Å². The van der Waals surface area contributed by atoms with Gasteiger partial charge in [0.15, 0.2) is 0 Å². The minimum absolute atomic E-state index is 0.165. The van der Waals surface area contributed by atoms with Gasteiger partial charge in [-0.05, 0) is 20.8 Å². The number of aromatic carboxylic acids is 1. The summed E-state index contributed by atoms with van der Waals surface area (Å²) in [6.07, 6.45) is 1.12. The van der Waals surface area contributed by atoms with E-state index >= 15 is 0 Å². The van der Waals surface area contributed by atoms with Crippen molar-refractivity contribution < 1.29 is 27.9 Å². The van der Waals surface area contributed by atoms with Crippen LogP contribution >= 0.6 is 7.60 Å². The molecular formula is C10H15O6P. The number of hydrogen-bond acceptors (Lipinski definition) is 5. The highest BCUT2D eigenvalue weighted by atomic mass is 31.2. The molecule has 96 valence electrons. The molecule has 0 radical (unpaired) electrons. The molecule has 1 aromatic heterocycles. The van der Waals surface area contributed by atoms with Crippen LogP contribution in [0.4, 0.5) is 0 Å². The number of carbonyl (C=O) groups is 1. The maximum Gasteiger partial charge on any atom is 0.372 e. The predicted octanol–water partition coefficient (Wildman–Crippen LogP) is 2.18. The predicted molar refractivity (Wildman–Crippen MR) is 60.9 cm³/mol. The Labute approximate surface area is 99.1 Å². The van der Waals surface area contributed by atoms with E-state index in [9.17, 15) is 9.36 Å². The van der Waals surface area contributed by atoms with Crippen LogP contribution < -0.4 is 5.30 Å². The van der Waals surface area contributed by atoms with Crippen LogP contribution in [0, 0.1) is 6.92 Å². The quantitative estimate of drug-likeness (QED) is 0.791. The highest BCUT2D eigenvalue weighted by molar-refractivity contribution is 7.62. The van der Waals surface area contributed by atoms with Crippen LogP contribution in [0.2, 0.25) is 0 Å². The lowest BCUT2D eigenvalue weighted by atomic mass is 10.3. The normalized spacial score (nSPS) is 11.7. The Hall–Kier alpha value is -1.10. The third-order valence-electron chi connectivity index (χ3n) is 2.10. The van der Waals surface area contributed by atoms with Gasteiger partial charge in [-0.2, -0.15) is 0 Å². The van der Waals surface area contributed by atoms with Gasteiger partial charge in [-0.3, -0.25) is 4.57 Å². The van der Waals surface area contributed by atoms with Gasteiger partial charge in [0.2, 0.25) is 5.76 Å². The molecule has 0 amide bonds. The van der Waals surface area contributed by atoms with E-state index in [0.717, 1.165) is 6.26 Å². The van der Waals surface area contributed by atoms with Crippen molar-refractivity contribution in [2.45, 2.75) is 20.8 Å². The number of rotatable bonds is 6. The number of carboxylic acid groups (broad SMARTS) is 1. The summed E-state index contributed by atoms with van der Waals surface area (Å²) >= 11 is 0. The molecule has 1 aromatic rings. The first-order chi connectivity index (χ1) is 7.96. The molecule has 0 saturated carbocycles. The summed E-state index contributed by atoms with van der Waals surface area (Å²) < 4.78 is 27.5. The van der Waals surface area contributed by atoms with Gasteiger partial charge in [-0.15, -0.1) is 0 Å². The topological polar surface area (TPSA) is 86.0 Å². The Kier molecular flexibility index (Phi) is 4.51. The summed E-state index contributed by atoms with van der Waals surface area (Å²) in [4.78, 5) is 10.8. The first kappa shape index (κ1) is 14.0. The van der Waals surface area contributed by atoms with Crippen LogP contribution in [0.3, 0.4) is 0 Å². The van der Waals surface area contributed by atoms with E-state index in [1.165, 1.54) is 6.92 Å². The van der Waals surface area contributed by atoms with E-state index in [4.69, 9.17) is 18.6 Å². The van der Waals surface area contributed by atoms with Crippen molar-refractivity contribution >= 4 is 18.9 Å². The maximum absolute atomic E-state index is 12.4. The third kappa shape index (κ3) is 2.77. The zero-order valence-corrected chi connectivity index (χ0v) is 10.8. The van der Waals surface area contributed by atoms with E-state index in [-0.39, 0.29) is 29.8 Å². The molecule has 0 aliphatic heterocycles. The lowest BCUT2D eigenvalue weighted by molar-refractivity contribution is 0.0661. The smallest absolute Gasteiger partial charge is 0.372 e. The van der Waals surface area contributed by atoms with Crippen molar-refractivity contribution in [2.75, 3.05) is 13.2 Å². The molecule has 0 bridgehead atoms. The molecule has 1 rings (SSSR count). The standard InChI is InChI=1S/C10H15O6P/c1-4-15-17(13,16-5-2)8-6-14-9(7(8)3)10(11)12/h6H,4-5H2,1-3H3,(H,11,12). The SMILES string of the molecule is CCOP(=O)(OCC)c1coc(C(=O)O)c1C. The van der Waals surface area contributed by atoms with E-state index in [1.807, 2.05) is 0 Å². The second kappa shape index (κ2) is 5.49. The van der Waals surface area contributed by atoms with Gasteiger partial charge >= 0.3 is 13.6 Å². The van der Waals surface area contributed by atoms with Gasteiger partial charge in [0.05, 0.1) is 13.2 Å². The van der Waals surface area contributed by atoms with E-state index in [0.29, 0.717) is 0 Å². The third-order valence-corrected chi connectivity index (χ3v) is 4.33. The summed E-state index contributed by atoms with van der Waals surface area (Å²) in [5.74, 6) is -1.46. The monoisotopic (exact) mass is 262 g/mol. The largest absolute Gasteiger partial charge is 0.475 e. The highest BCUT2D eigenvalue weighted by Crippen LogP contribution is 2.48. The maximum atomic E-state index is 12.4. The Bertz CT molecular complexity index is 440. The van der Waals surface area contributed by atoms with Gasteiger partial charge in [-0.25, -0.2) is 4.79 Å². The number of furan rings is 1. The lowest BCUT2D eigenvalue weighted by Crippen LogP contribution is -2.12. The average molecular weight is 262 g/mol. The second-order valence-electron chi connectivity index (χ2n) is 3.21. The molecule has 1 N–H and O–H groups in total. The fourth-order valence-corrected chi connectivity index (χ4v) is 3.13. The Morgan fingerprint density at radius 2 is 1.94 bits per heavy atom. The minimum Gasteiger partial charge on any atom is -0.475 e. The zero-order chi connectivity index (χ0) is 13.1. The van der Waals surface area contributed by atoms with Gasteiger partial charge in [0.1, 0.15) is 11.6 Å². The molecule has 0 saturated heterocycles. The fraction of sp³-hybridized carbons (Fsp3) is 0.500. The zero-order valence-electron chi connectivity index (χ0n) is 9.93. The molecule has 6 nitrogen and oxygen atoms in total. The van der Waals surface area contributed by atoms with E-state index < -0.39 is 13.6 Å². The van der Waals surface area contributed by atoms with Crippen molar-refractivity contribution in [3.05, 3.63) is 17.6 Å². The van der Waals surface area contributed by atoms with Crippen molar-refractivity contribution in [1.29, 1.82) is 0 Å². The second-order valence-corrected chi connectivity index (χ2v) is 5.21. The molecule has 0 aliphatic rings. The Morgan fingerprint density at radius 1 is 1.41 bits per heavy atom. The van der Waals surface area contributed by atoms with E-state index in [1.54, 1.807) is 13.8 Å². The summed E-state index contributed by atoms with van der Waals surface area (Å²) in [6.45, 7) is 5.26. The van der Waals surface area contributed by atoms with Gasteiger partial charge in [0, 0.05) is 5.56 Å². The van der Waals surface area contributed by atoms with Crippen molar-refractivity contribution in [3.8, 4) is 0 Å². The fourth-order valence-electron chi connectivity index (χ4n) is 1.40. The van der Waals surface area contributed by atoms with Crippen LogP contribution in [-0.4, -0.2) is 24.3 Å². The van der Waals surface area contributed by atoms with Crippen LogP contribution in [0.5, 0.6) is 0 Å². The van der Waals surface area contributed by atoms with Crippen LogP contribution in [0.25, 0.3) is 0 Å². The van der Waals surface area contributed by atoms with Crippen molar-refractivity contribution in [1.82, 2.24) is 0 Å². The summed E-state index contributed by atoms with van der Waals surface area (Å²) in [5.41, 5.74) is 0.266. The Balaban J connectivity index is 3.20. The minimum atomic E-state index is -3.49. The highest BCUT2D eigenvalue weighted by Gasteiger charge is 2.33. The lowest BCUT2D eigenvalue weighted by Gasteiger charge is -2.15. The number of hydrogen-bond donors (Lipinski definition) is 1. The molecular weight excluding hydrogens is 247 g/mol. The van der Waals surface area contributed by atoms with Gasteiger partial charge < -0.3 is 18.6 Å². The summed E-state index contributed by atoms with van der Waals surface area (Å²) in [5, 5.41) is 9.00. The van der Waals surface area contributed by atoms with Crippen LogP contribution in [0.1, 0.15) is 30.0 Å². The molecule has 0 spiro atoms. The van der Waals surface area contributed by atoms with Crippen LogP contribution in [0.15, 0.2) is 10.7 Å². The molecule has 17 heavy (non-hydrogen) atoms. The average Bonchev–Trinajstić information content (AvgIpc) is 2.61. The first-order valence-electron chi connectivity index (χ1n) is 5.17. The molecule has 0 atom stereocenters.